The molecule has 10 nitrogen and oxygen atoms in total. The number of aromatic nitrogens is 2. The Kier molecular flexibility index (Phi) is 3.68. The molecule has 0 aromatic carbocycles. The Morgan fingerprint density at radius 3 is 2.77 bits per heavy atom. The van der Waals surface area contributed by atoms with Crippen molar-refractivity contribution in [3.05, 3.63) is 10.4 Å². The molecule has 0 saturated carbocycles. The Hall–Kier alpha value is -1.88. The highest BCUT2D eigenvalue weighted by molar-refractivity contribution is 5.72. The highest BCUT2D eigenvalue weighted by Gasteiger charge is 2.48. The molecule has 4 atom stereocenters. The Balaban J connectivity index is 2.00. The number of fused-ring (bicyclic) bond motifs is 1. The minimum Gasteiger partial charge on any atom is -0.394 e. The molecule has 1 aromatic rings. The van der Waals surface area contributed by atoms with Crippen LogP contribution in [0.2, 0.25) is 0 Å². The van der Waals surface area contributed by atoms with Crippen LogP contribution in [0.3, 0.4) is 0 Å². The van der Waals surface area contributed by atoms with Crippen LogP contribution in [0.15, 0.2) is 4.79 Å². The molecular weight excluding hydrogens is 294 g/mol. The molecule has 3 heterocycles. The third-order valence-corrected chi connectivity index (χ3v) is 4.01. The van der Waals surface area contributed by atoms with Crippen LogP contribution < -0.4 is 21.1 Å². The van der Waals surface area contributed by atoms with Crippen molar-refractivity contribution in [1.29, 1.82) is 0 Å². The van der Waals surface area contributed by atoms with Crippen molar-refractivity contribution in [2.24, 2.45) is 0 Å². The van der Waals surface area contributed by atoms with Crippen molar-refractivity contribution >= 4 is 17.5 Å². The molecule has 6 N–H and O–H groups in total. The number of hydrogen-bond donors (Lipinski definition) is 5. The fourth-order valence-electron chi connectivity index (χ4n) is 2.88. The van der Waals surface area contributed by atoms with Gasteiger partial charge in [0, 0.05) is 6.54 Å². The largest absolute Gasteiger partial charge is 0.394 e. The van der Waals surface area contributed by atoms with Gasteiger partial charge in [0.2, 0.25) is 5.95 Å². The smallest absolute Gasteiger partial charge is 0.278 e. The average Bonchev–Trinajstić information content (AvgIpc) is 2.98. The number of nitrogens with zero attached hydrogens (tertiary/aromatic N) is 3. The number of ether oxygens (including phenoxy) is 1. The van der Waals surface area contributed by atoms with E-state index >= 15 is 0 Å². The number of H-pyrrole nitrogens is 1. The maximum atomic E-state index is 12.1. The first kappa shape index (κ1) is 15.0. The number of nitrogen functional groups attached to an aromatic ring is 1. The van der Waals surface area contributed by atoms with Gasteiger partial charge < -0.3 is 35.6 Å². The van der Waals surface area contributed by atoms with Crippen molar-refractivity contribution in [3.63, 3.8) is 0 Å². The summed E-state index contributed by atoms with van der Waals surface area (Å²) in [6.45, 7) is 2.27. The van der Waals surface area contributed by atoms with Gasteiger partial charge in [-0.2, -0.15) is 4.98 Å². The van der Waals surface area contributed by atoms with Gasteiger partial charge >= 0.3 is 0 Å². The predicted octanol–water partition coefficient (Wildman–Crippen LogP) is -2.61. The lowest BCUT2D eigenvalue weighted by molar-refractivity contribution is -0.0222. The summed E-state index contributed by atoms with van der Waals surface area (Å²) in [6, 6.07) is 0. The van der Waals surface area contributed by atoms with Crippen LogP contribution in [0.4, 0.5) is 17.5 Å². The summed E-state index contributed by atoms with van der Waals surface area (Å²) in [4.78, 5) is 22.0. The van der Waals surface area contributed by atoms with Crippen molar-refractivity contribution < 1.29 is 20.1 Å². The van der Waals surface area contributed by atoms with Gasteiger partial charge in [0.15, 0.2) is 12.0 Å². The molecule has 0 spiro atoms. The second-order valence-corrected chi connectivity index (χ2v) is 5.32. The summed E-state index contributed by atoms with van der Waals surface area (Å²) < 4.78 is 5.50. The van der Waals surface area contributed by atoms with Crippen molar-refractivity contribution in [3.8, 4) is 0 Å². The van der Waals surface area contributed by atoms with E-state index in [4.69, 9.17) is 10.5 Å². The summed E-state index contributed by atoms with van der Waals surface area (Å²) in [7, 11) is 0. The average molecular weight is 313 g/mol. The summed E-state index contributed by atoms with van der Waals surface area (Å²) in [5, 5.41) is 29.2. The predicted molar refractivity (Wildman–Crippen MR) is 77.4 cm³/mol. The first-order valence-electron chi connectivity index (χ1n) is 7.01. The minimum absolute atomic E-state index is 0.0431. The first-order chi connectivity index (χ1) is 10.5. The highest BCUT2D eigenvalue weighted by atomic mass is 16.6. The number of nitrogens with one attached hydrogen (secondary N) is 1. The van der Waals surface area contributed by atoms with E-state index in [0.717, 1.165) is 0 Å². The summed E-state index contributed by atoms with van der Waals surface area (Å²) >= 11 is 0. The quantitative estimate of drug-likeness (QED) is 0.405. The van der Waals surface area contributed by atoms with Gasteiger partial charge in [-0.15, -0.1) is 0 Å². The van der Waals surface area contributed by atoms with Gasteiger partial charge in [-0.3, -0.25) is 9.78 Å². The summed E-state index contributed by atoms with van der Waals surface area (Å²) in [6.07, 6.45) is -4.26. The van der Waals surface area contributed by atoms with Crippen LogP contribution in [0, 0.1) is 0 Å². The molecule has 10 heteroatoms. The molecule has 0 radical (unpaired) electrons. The van der Waals surface area contributed by atoms with Crippen LogP contribution in [0.5, 0.6) is 0 Å². The summed E-state index contributed by atoms with van der Waals surface area (Å²) in [5.41, 5.74) is 5.56. The first-order valence-corrected chi connectivity index (χ1v) is 7.01. The maximum absolute atomic E-state index is 12.1. The van der Waals surface area contributed by atoms with Crippen molar-refractivity contribution in [1.82, 2.24) is 9.97 Å². The normalized spacial score (nSPS) is 30.9. The van der Waals surface area contributed by atoms with Crippen LogP contribution in [0.1, 0.15) is 6.92 Å². The zero-order valence-corrected chi connectivity index (χ0v) is 12.0. The molecule has 2 aliphatic heterocycles. The molecule has 1 aromatic heterocycles. The molecule has 22 heavy (non-hydrogen) atoms. The SMILES string of the molecule is CCN1CN([C@@H]2O[C@H](CO)[C@@H](O)[C@H]2O)c2nc(N)[nH]c(=O)c21. The molecular formula is C12H19N5O5. The highest BCUT2D eigenvalue weighted by Crippen LogP contribution is 2.36. The van der Waals surface area contributed by atoms with E-state index in [1.54, 1.807) is 9.80 Å². The maximum Gasteiger partial charge on any atom is 0.278 e. The lowest BCUT2D eigenvalue weighted by atomic mass is 10.1. The van der Waals surface area contributed by atoms with E-state index in [-0.39, 0.29) is 24.0 Å². The van der Waals surface area contributed by atoms with Gasteiger partial charge in [0.1, 0.15) is 24.0 Å². The minimum atomic E-state index is -1.23. The van der Waals surface area contributed by atoms with Gasteiger partial charge in [-0.05, 0) is 6.92 Å². The van der Waals surface area contributed by atoms with Crippen LogP contribution in [0.25, 0.3) is 0 Å². The van der Waals surface area contributed by atoms with Crippen molar-refractivity contribution in [2.75, 3.05) is 35.4 Å². The molecule has 1 saturated heterocycles. The van der Waals surface area contributed by atoms with Crippen molar-refractivity contribution in [2.45, 2.75) is 31.5 Å². The van der Waals surface area contributed by atoms with E-state index < -0.39 is 31.1 Å². The number of hydrogen-bond acceptors (Lipinski definition) is 9. The van der Waals surface area contributed by atoms with E-state index in [2.05, 4.69) is 9.97 Å². The zero-order chi connectivity index (χ0) is 16.0. The molecule has 0 amide bonds. The Morgan fingerprint density at radius 2 is 2.18 bits per heavy atom. The zero-order valence-electron chi connectivity index (χ0n) is 12.0. The van der Waals surface area contributed by atoms with Gasteiger partial charge in [0.25, 0.3) is 5.56 Å². The molecule has 2 aliphatic rings. The second-order valence-electron chi connectivity index (χ2n) is 5.32. The van der Waals surface area contributed by atoms with Crippen LogP contribution in [-0.4, -0.2) is 69.6 Å². The van der Waals surface area contributed by atoms with E-state index in [9.17, 15) is 20.1 Å². The van der Waals surface area contributed by atoms with E-state index in [1.165, 1.54) is 0 Å². The fourth-order valence-corrected chi connectivity index (χ4v) is 2.88. The van der Waals surface area contributed by atoms with Gasteiger partial charge in [-0.1, -0.05) is 0 Å². The molecule has 3 rings (SSSR count). The van der Waals surface area contributed by atoms with Crippen LogP contribution >= 0.6 is 0 Å². The molecule has 122 valence electrons. The monoisotopic (exact) mass is 313 g/mol. The van der Waals surface area contributed by atoms with Gasteiger partial charge in [-0.25, -0.2) is 0 Å². The Morgan fingerprint density at radius 1 is 1.45 bits per heavy atom. The standard InChI is InChI=1S/C12H19N5O5/c1-2-16-4-17(9-6(16)10(21)15-12(13)14-9)11-8(20)7(19)5(3-18)22-11/h5,7-8,11,18-20H,2-4H2,1H3,(H3,13,14,15,21)/t5-,7-,8-,11-/m1/s1. The van der Waals surface area contributed by atoms with E-state index in [0.29, 0.717) is 12.2 Å². The number of aliphatic hydroxyl groups excluding tert-OH is 3. The third-order valence-electron chi connectivity index (χ3n) is 4.01. The Bertz CT molecular complexity index is 622. The van der Waals surface area contributed by atoms with Crippen LogP contribution in [-0.2, 0) is 4.74 Å². The molecule has 0 bridgehead atoms. The molecule has 1 fully saturated rings. The number of aromatic amines is 1. The topological polar surface area (TPSA) is 148 Å². The number of nitrogens with two attached hydrogens (primary N) is 1. The lowest BCUT2D eigenvalue weighted by Gasteiger charge is -2.28. The second kappa shape index (κ2) is 5.39. The number of aliphatic hydroxyl groups is 3. The fraction of sp³-hybridized carbons (Fsp3) is 0.667. The summed E-state index contributed by atoms with van der Waals surface area (Å²) in [5.74, 6) is 0.247. The van der Waals surface area contributed by atoms with E-state index in [1.807, 2.05) is 6.92 Å². The van der Waals surface area contributed by atoms with Gasteiger partial charge in [0.05, 0.1) is 13.3 Å². The lowest BCUT2D eigenvalue weighted by Crippen LogP contribution is -2.46. The molecule has 0 aliphatic carbocycles. The number of rotatable bonds is 3. The third kappa shape index (κ3) is 2.11. The Labute approximate surface area is 125 Å². The number of anilines is 3. The molecule has 0 unspecified atom stereocenters.